The van der Waals surface area contributed by atoms with Crippen molar-refractivity contribution in [3.8, 4) is 0 Å². The van der Waals surface area contributed by atoms with Gasteiger partial charge in [-0.2, -0.15) is 0 Å². The molecule has 0 amide bonds. The molecule has 0 saturated heterocycles. The van der Waals surface area contributed by atoms with E-state index in [9.17, 15) is 0 Å². The van der Waals surface area contributed by atoms with E-state index in [1.807, 2.05) is 5.51 Å². The monoisotopic (exact) mass is 170 g/mol. The van der Waals surface area contributed by atoms with Gasteiger partial charge in [0.15, 0.2) is 0 Å². The Kier molecular flexibility index (Phi) is 3.52. The molecule has 62 valence electrons. The van der Waals surface area contributed by atoms with Crippen LogP contribution in [0.25, 0.3) is 0 Å². The number of hydrogen-bond donors (Lipinski definition) is 1. The van der Waals surface area contributed by atoms with E-state index < -0.39 is 0 Å². The lowest BCUT2D eigenvalue weighted by atomic mass is 10.0. The van der Waals surface area contributed by atoms with Gasteiger partial charge in [0.05, 0.1) is 11.2 Å². The number of rotatable bonds is 4. The molecule has 2 nitrogen and oxygen atoms in total. The molecule has 0 aliphatic heterocycles. The quantitative estimate of drug-likeness (QED) is 0.746. The van der Waals surface area contributed by atoms with E-state index in [1.165, 1.54) is 5.69 Å². The van der Waals surface area contributed by atoms with Gasteiger partial charge < -0.3 is 5.73 Å². The van der Waals surface area contributed by atoms with Crippen molar-refractivity contribution in [3.05, 3.63) is 16.6 Å². The summed E-state index contributed by atoms with van der Waals surface area (Å²) in [6.45, 7) is 2.94. The third-order valence-electron chi connectivity index (χ3n) is 1.89. The summed E-state index contributed by atoms with van der Waals surface area (Å²) < 4.78 is 0. The van der Waals surface area contributed by atoms with E-state index in [2.05, 4.69) is 17.3 Å². The van der Waals surface area contributed by atoms with E-state index in [1.54, 1.807) is 11.3 Å². The normalized spacial score (nSPS) is 13.3. The second-order valence-corrected chi connectivity index (χ2v) is 3.41. The van der Waals surface area contributed by atoms with Gasteiger partial charge >= 0.3 is 0 Å². The molecule has 11 heavy (non-hydrogen) atoms. The van der Waals surface area contributed by atoms with Crippen LogP contribution in [-0.2, 0) is 6.42 Å². The van der Waals surface area contributed by atoms with Crippen LogP contribution >= 0.6 is 11.3 Å². The zero-order valence-corrected chi connectivity index (χ0v) is 7.60. The Labute approximate surface area is 71.5 Å². The number of aromatic nitrogens is 1. The lowest BCUT2D eigenvalue weighted by Crippen LogP contribution is -2.15. The zero-order chi connectivity index (χ0) is 8.10. The first-order valence-electron chi connectivity index (χ1n) is 3.94. The van der Waals surface area contributed by atoms with Gasteiger partial charge in [0.1, 0.15) is 0 Å². The molecule has 3 heteroatoms. The molecule has 1 unspecified atom stereocenters. The van der Waals surface area contributed by atoms with Crippen molar-refractivity contribution in [3.63, 3.8) is 0 Å². The van der Waals surface area contributed by atoms with Crippen molar-refractivity contribution >= 4 is 11.3 Å². The van der Waals surface area contributed by atoms with Gasteiger partial charge in [-0.1, -0.05) is 13.3 Å². The topological polar surface area (TPSA) is 38.9 Å². The summed E-state index contributed by atoms with van der Waals surface area (Å²) >= 11 is 1.65. The van der Waals surface area contributed by atoms with E-state index in [0.29, 0.717) is 5.92 Å². The first-order valence-corrected chi connectivity index (χ1v) is 4.88. The van der Waals surface area contributed by atoms with E-state index in [4.69, 9.17) is 5.73 Å². The Balaban J connectivity index is 2.41. The molecule has 0 spiro atoms. The maximum absolute atomic E-state index is 5.58. The first kappa shape index (κ1) is 8.68. The lowest BCUT2D eigenvalue weighted by Gasteiger charge is -2.08. The van der Waals surface area contributed by atoms with E-state index >= 15 is 0 Å². The zero-order valence-electron chi connectivity index (χ0n) is 6.79. The van der Waals surface area contributed by atoms with Crippen molar-refractivity contribution in [1.82, 2.24) is 4.98 Å². The molecule has 1 heterocycles. The molecule has 2 N–H and O–H groups in total. The van der Waals surface area contributed by atoms with Crippen molar-refractivity contribution in [2.24, 2.45) is 11.7 Å². The summed E-state index contributed by atoms with van der Waals surface area (Å²) in [6.07, 6.45) is 2.19. The van der Waals surface area contributed by atoms with Crippen molar-refractivity contribution in [2.75, 3.05) is 6.54 Å². The molecular weight excluding hydrogens is 156 g/mol. The average molecular weight is 170 g/mol. The third-order valence-corrected chi connectivity index (χ3v) is 2.53. The summed E-state index contributed by atoms with van der Waals surface area (Å²) in [6, 6.07) is 0. The summed E-state index contributed by atoms with van der Waals surface area (Å²) in [5, 5.41) is 2.10. The molecule has 0 saturated carbocycles. The van der Waals surface area contributed by atoms with Crippen LogP contribution in [-0.4, -0.2) is 11.5 Å². The Morgan fingerprint density at radius 1 is 1.73 bits per heavy atom. The number of thiazole rings is 1. The molecule has 1 aromatic heterocycles. The Morgan fingerprint density at radius 2 is 2.55 bits per heavy atom. The van der Waals surface area contributed by atoms with Gasteiger partial charge in [-0.3, -0.25) is 0 Å². The van der Waals surface area contributed by atoms with Crippen LogP contribution in [0, 0.1) is 5.92 Å². The molecule has 0 aromatic carbocycles. The maximum Gasteiger partial charge on any atom is 0.0794 e. The molecule has 1 rings (SSSR count). The van der Waals surface area contributed by atoms with Crippen LogP contribution < -0.4 is 5.73 Å². The van der Waals surface area contributed by atoms with Gasteiger partial charge in [0.2, 0.25) is 0 Å². The molecule has 0 bridgehead atoms. The molecular formula is C8H14N2S. The van der Waals surface area contributed by atoms with E-state index in [-0.39, 0.29) is 0 Å². The minimum Gasteiger partial charge on any atom is -0.330 e. The van der Waals surface area contributed by atoms with Crippen LogP contribution in [0.15, 0.2) is 10.9 Å². The van der Waals surface area contributed by atoms with Crippen molar-refractivity contribution in [1.29, 1.82) is 0 Å². The summed E-state index contributed by atoms with van der Waals surface area (Å²) in [4.78, 5) is 4.21. The molecule has 1 atom stereocenters. The van der Waals surface area contributed by atoms with Gasteiger partial charge in [-0.15, -0.1) is 11.3 Å². The SMILES string of the molecule is CCC(CN)Cc1cscn1. The minimum absolute atomic E-state index is 0.608. The minimum atomic E-state index is 0.608. The van der Waals surface area contributed by atoms with Crippen molar-refractivity contribution in [2.45, 2.75) is 19.8 Å². The predicted molar refractivity (Wildman–Crippen MR) is 48.7 cm³/mol. The highest BCUT2D eigenvalue weighted by Crippen LogP contribution is 2.10. The molecule has 0 aliphatic rings. The highest BCUT2D eigenvalue weighted by molar-refractivity contribution is 7.07. The van der Waals surface area contributed by atoms with Gasteiger partial charge in [-0.25, -0.2) is 4.98 Å². The number of nitrogens with zero attached hydrogens (tertiary/aromatic N) is 1. The average Bonchev–Trinajstić information content (AvgIpc) is 2.52. The number of nitrogens with two attached hydrogens (primary N) is 1. The summed E-state index contributed by atoms with van der Waals surface area (Å²) in [7, 11) is 0. The molecule has 1 aromatic rings. The van der Waals surface area contributed by atoms with E-state index in [0.717, 1.165) is 19.4 Å². The molecule has 0 radical (unpaired) electrons. The van der Waals surface area contributed by atoms with Crippen LogP contribution in [0.4, 0.5) is 0 Å². The fourth-order valence-electron chi connectivity index (χ4n) is 1.03. The Hall–Kier alpha value is -0.410. The van der Waals surface area contributed by atoms with Gasteiger partial charge in [0.25, 0.3) is 0 Å². The third kappa shape index (κ3) is 2.60. The second-order valence-electron chi connectivity index (χ2n) is 2.69. The maximum atomic E-state index is 5.58. The lowest BCUT2D eigenvalue weighted by molar-refractivity contribution is 0.514. The van der Waals surface area contributed by atoms with Crippen molar-refractivity contribution < 1.29 is 0 Å². The summed E-state index contributed by atoms with van der Waals surface area (Å²) in [5.41, 5.74) is 8.64. The largest absolute Gasteiger partial charge is 0.330 e. The second kappa shape index (κ2) is 4.46. The standard InChI is InChI=1S/C8H14N2S/c1-2-7(4-9)3-8-5-11-6-10-8/h5-7H,2-4,9H2,1H3. The van der Waals surface area contributed by atoms with Crippen LogP contribution in [0.5, 0.6) is 0 Å². The summed E-state index contributed by atoms with van der Waals surface area (Å²) in [5.74, 6) is 0.608. The fraction of sp³-hybridized carbons (Fsp3) is 0.625. The highest BCUT2D eigenvalue weighted by atomic mass is 32.1. The predicted octanol–water partition coefficient (Wildman–Crippen LogP) is 1.67. The molecule has 0 aliphatic carbocycles. The van der Waals surface area contributed by atoms with Crippen LogP contribution in [0.3, 0.4) is 0 Å². The smallest absolute Gasteiger partial charge is 0.0794 e. The highest BCUT2D eigenvalue weighted by Gasteiger charge is 2.05. The first-order chi connectivity index (χ1) is 5.36. The van der Waals surface area contributed by atoms with Crippen LogP contribution in [0.2, 0.25) is 0 Å². The van der Waals surface area contributed by atoms with Gasteiger partial charge in [0, 0.05) is 5.38 Å². The fourth-order valence-corrected chi connectivity index (χ4v) is 1.60. The number of hydrogen-bond acceptors (Lipinski definition) is 3. The Morgan fingerprint density at radius 3 is 3.00 bits per heavy atom. The van der Waals surface area contributed by atoms with Gasteiger partial charge in [-0.05, 0) is 18.9 Å². The Bertz CT molecular complexity index is 180. The van der Waals surface area contributed by atoms with Crippen LogP contribution in [0.1, 0.15) is 19.0 Å². The molecule has 0 fully saturated rings.